The molecule has 6 nitrogen and oxygen atoms in total. The number of fused-ring (bicyclic) bond motifs is 1. The predicted octanol–water partition coefficient (Wildman–Crippen LogP) is 5.97. The maximum absolute atomic E-state index is 13.5. The molecule has 0 spiro atoms. The molecule has 0 amide bonds. The standard InChI is InChI=1S/C30H32N4O2/c1-33(2)25-18-17-24(28(19-25)36-21-22-11-5-3-6-12-22)20-31-34-29(23-13-7-4-8-14-23)32-27-16-10-9-15-26(27)30(34)35/h3,5-6,9-12,15-20,23H,4,7-8,13-14,21H2,1-2H3. The molecule has 1 saturated carbocycles. The molecule has 184 valence electrons. The lowest BCUT2D eigenvalue weighted by Gasteiger charge is -2.22. The van der Waals surface area contributed by atoms with Crippen molar-refractivity contribution in [2.24, 2.45) is 5.10 Å². The van der Waals surface area contributed by atoms with E-state index in [1.807, 2.05) is 91.8 Å². The van der Waals surface area contributed by atoms with Gasteiger partial charge in [0, 0.05) is 37.3 Å². The maximum atomic E-state index is 13.5. The fourth-order valence-electron chi connectivity index (χ4n) is 4.77. The molecule has 36 heavy (non-hydrogen) atoms. The van der Waals surface area contributed by atoms with E-state index in [1.54, 1.807) is 6.21 Å². The third-order valence-corrected chi connectivity index (χ3v) is 6.81. The molecule has 0 bridgehead atoms. The molecule has 0 N–H and O–H groups in total. The molecule has 0 unspecified atom stereocenters. The SMILES string of the molecule is CN(C)c1ccc(C=Nn2c(C3CCCCC3)nc3ccccc3c2=O)c(OCc2ccccc2)c1. The highest BCUT2D eigenvalue weighted by atomic mass is 16.5. The van der Waals surface area contributed by atoms with Crippen LogP contribution in [0.15, 0.2) is 82.7 Å². The molecule has 1 aliphatic rings. The van der Waals surface area contributed by atoms with Crippen LogP contribution in [0.1, 0.15) is 55.0 Å². The number of ether oxygens (including phenoxy) is 1. The Morgan fingerprint density at radius 1 is 1.00 bits per heavy atom. The molecule has 1 fully saturated rings. The highest BCUT2D eigenvalue weighted by molar-refractivity contribution is 5.85. The van der Waals surface area contributed by atoms with E-state index >= 15 is 0 Å². The van der Waals surface area contributed by atoms with E-state index in [-0.39, 0.29) is 11.5 Å². The predicted molar refractivity (Wildman–Crippen MR) is 146 cm³/mol. The van der Waals surface area contributed by atoms with Crippen LogP contribution in [-0.4, -0.2) is 30.0 Å². The van der Waals surface area contributed by atoms with Gasteiger partial charge in [-0.2, -0.15) is 9.78 Å². The van der Waals surface area contributed by atoms with E-state index < -0.39 is 0 Å². The summed E-state index contributed by atoms with van der Waals surface area (Å²) in [6.07, 6.45) is 7.33. The van der Waals surface area contributed by atoms with Crippen LogP contribution in [0, 0.1) is 0 Å². The van der Waals surface area contributed by atoms with Gasteiger partial charge in [0.1, 0.15) is 18.2 Å². The fraction of sp³-hybridized carbons (Fsp3) is 0.300. The van der Waals surface area contributed by atoms with Crippen LogP contribution < -0.4 is 15.2 Å². The molecule has 6 heteroatoms. The quantitative estimate of drug-likeness (QED) is 0.306. The number of anilines is 1. The summed E-state index contributed by atoms with van der Waals surface area (Å²) in [5.41, 5.74) is 3.53. The first kappa shape index (κ1) is 23.8. The first-order chi connectivity index (χ1) is 17.6. The number of rotatable bonds is 7. The van der Waals surface area contributed by atoms with Gasteiger partial charge in [-0.25, -0.2) is 4.98 Å². The smallest absolute Gasteiger partial charge is 0.282 e. The number of aromatic nitrogens is 2. The van der Waals surface area contributed by atoms with Gasteiger partial charge in [-0.15, -0.1) is 0 Å². The van der Waals surface area contributed by atoms with Crippen LogP contribution in [0.25, 0.3) is 10.9 Å². The van der Waals surface area contributed by atoms with E-state index in [0.717, 1.165) is 59.6 Å². The van der Waals surface area contributed by atoms with Gasteiger partial charge in [0.25, 0.3) is 5.56 Å². The minimum Gasteiger partial charge on any atom is -0.488 e. The van der Waals surface area contributed by atoms with Crippen molar-refractivity contribution in [3.8, 4) is 5.75 Å². The summed E-state index contributed by atoms with van der Waals surface area (Å²) in [5, 5.41) is 5.30. The van der Waals surface area contributed by atoms with E-state index in [1.165, 1.54) is 11.1 Å². The van der Waals surface area contributed by atoms with Crippen molar-refractivity contribution >= 4 is 22.8 Å². The molecule has 0 atom stereocenters. The Hall–Kier alpha value is -3.93. The monoisotopic (exact) mass is 480 g/mol. The summed E-state index contributed by atoms with van der Waals surface area (Å²) >= 11 is 0. The Bertz CT molecular complexity index is 1420. The number of hydrogen-bond acceptors (Lipinski definition) is 5. The van der Waals surface area contributed by atoms with Gasteiger partial charge in [-0.1, -0.05) is 61.7 Å². The third-order valence-electron chi connectivity index (χ3n) is 6.81. The molecule has 1 aliphatic carbocycles. The summed E-state index contributed by atoms with van der Waals surface area (Å²) in [6, 6.07) is 23.6. The Morgan fingerprint density at radius 2 is 1.75 bits per heavy atom. The highest BCUT2D eigenvalue weighted by Gasteiger charge is 2.22. The van der Waals surface area contributed by atoms with Crippen LogP contribution in [0.3, 0.4) is 0 Å². The summed E-state index contributed by atoms with van der Waals surface area (Å²) in [4.78, 5) is 20.5. The van der Waals surface area contributed by atoms with Gasteiger partial charge < -0.3 is 9.64 Å². The van der Waals surface area contributed by atoms with Gasteiger partial charge in [0.05, 0.1) is 17.1 Å². The molecule has 1 heterocycles. The molecular formula is C30H32N4O2. The topological polar surface area (TPSA) is 59.7 Å². The van der Waals surface area contributed by atoms with Crippen LogP contribution in [0.2, 0.25) is 0 Å². The van der Waals surface area contributed by atoms with Crippen molar-refractivity contribution in [2.45, 2.75) is 44.6 Å². The van der Waals surface area contributed by atoms with E-state index in [4.69, 9.17) is 14.8 Å². The number of hydrogen-bond donors (Lipinski definition) is 0. The van der Waals surface area contributed by atoms with Gasteiger partial charge in [0.2, 0.25) is 0 Å². The van der Waals surface area contributed by atoms with Crippen molar-refractivity contribution in [1.29, 1.82) is 0 Å². The van der Waals surface area contributed by atoms with Crippen LogP contribution in [0.5, 0.6) is 5.75 Å². The Kier molecular flexibility index (Phi) is 7.12. The first-order valence-electron chi connectivity index (χ1n) is 12.6. The third kappa shape index (κ3) is 5.18. The molecule has 0 saturated heterocycles. The average Bonchev–Trinajstić information content (AvgIpc) is 2.92. The summed E-state index contributed by atoms with van der Waals surface area (Å²) < 4.78 is 7.74. The average molecular weight is 481 g/mol. The number of para-hydroxylation sites is 1. The van der Waals surface area contributed by atoms with Gasteiger partial charge in [-0.05, 0) is 42.7 Å². The Morgan fingerprint density at radius 3 is 2.53 bits per heavy atom. The largest absolute Gasteiger partial charge is 0.488 e. The van der Waals surface area contributed by atoms with Crippen molar-refractivity contribution in [3.63, 3.8) is 0 Å². The molecule has 0 radical (unpaired) electrons. The Labute approximate surface area is 211 Å². The summed E-state index contributed by atoms with van der Waals surface area (Å²) in [6.45, 7) is 0.448. The normalized spacial score (nSPS) is 14.4. The second-order valence-corrected chi connectivity index (χ2v) is 9.57. The van der Waals surface area contributed by atoms with Gasteiger partial charge in [-0.3, -0.25) is 4.79 Å². The van der Waals surface area contributed by atoms with Crippen molar-refractivity contribution < 1.29 is 4.74 Å². The first-order valence-corrected chi connectivity index (χ1v) is 12.6. The van der Waals surface area contributed by atoms with Crippen LogP contribution >= 0.6 is 0 Å². The molecular weight excluding hydrogens is 448 g/mol. The molecule has 5 rings (SSSR count). The molecule has 4 aromatic rings. The fourth-order valence-corrected chi connectivity index (χ4v) is 4.77. The zero-order valence-electron chi connectivity index (χ0n) is 20.9. The maximum Gasteiger partial charge on any atom is 0.282 e. The minimum atomic E-state index is -0.130. The lowest BCUT2D eigenvalue weighted by atomic mass is 9.88. The van der Waals surface area contributed by atoms with E-state index in [9.17, 15) is 4.79 Å². The highest BCUT2D eigenvalue weighted by Crippen LogP contribution is 2.32. The molecule has 3 aromatic carbocycles. The lowest BCUT2D eigenvalue weighted by Crippen LogP contribution is -2.25. The van der Waals surface area contributed by atoms with E-state index in [0.29, 0.717) is 12.0 Å². The van der Waals surface area contributed by atoms with Gasteiger partial charge >= 0.3 is 0 Å². The number of benzene rings is 3. The Balaban J connectivity index is 1.54. The van der Waals surface area contributed by atoms with Gasteiger partial charge in [0.15, 0.2) is 0 Å². The summed E-state index contributed by atoms with van der Waals surface area (Å²) in [7, 11) is 4.00. The van der Waals surface area contributed by atoms with Crippen LogP contribution in [-0.2, 0) is 6.61 Å². The van der Waals surface area contributed by atoms with Crippen molar-refractivity contribution in [1.82, 2.24) is 9.66 Å². The minimum absolute atomic E-state index is 0.130. The van der Waals surface area contributed by atoms with Crippen molar-refractivity contribution in [3.05, 3.63) is 100 Å². The van der Waals surface area contributed by atoms with Crippen LogP contribution in [0.4, 0.5) is 5.69 Å². The number of nitrogens with zero attached hydrogens (tertiary/aromatic N) is 4. The lowest BCUT2D eigenvalue weighted by molar-refractivity contribution is 0.306. The molecule has 0 aliphatic heterocycles. The summed E-state index contributed by atoms with van der Waals surface area (Å²) in [5.74, 6) is 1.71. The van der Waals surface area contributed by atoms with Crippen molar-refractivity contribution in [2.75, 3.05) is 19.0 Å². The molecule has 1 aromatic heterocycles. The van der Waals surface area contributed by atoms with E-state index in [2.05, 4.69) is 0 Å². The second-order valence-electron chi connectivity index (χ2n) is 9.57. The zero-order valence-corrected chi connectivity index (χ0v) is 20.9. The zero-order chi connectivity index (χ0) is 24.9. The second kappa shape index (κ2) is 10.8.